The van der Waals surface area contributed by atoms with Crippen molar-refractivity contribution in [3.05, 3.63) is 76.1 Å². The van der Waals surface area contributed by atoms with Crippen LogP contribution in [-0.4, -0.2) is 24.9 Å². The zero-order valence-corrected chi connectivity index (χ0v) is 16.6. The number of aryl methyl sites for hydroxylation is 1. The Morgan fingerprint density at radius 3 is 2.77 bits per heavy atom. The minimum Gasteiger partial charge on any atom is -0.456 e. The first-order valence-corrected chi connectivity index (χ1v) is 9.94. The number of ether oxygens (including phenoxy) is 1. The van der Waals surface area contributed by atoms with E-state index in [-0.39, 0.29) is 0 Å². The fourth-order valence-corrected chi connectivity index (χ4v) is 4.01. The van der Waals surface area contributed by atoms with Gasteiger partial charge in [-0.1, -0.05) is 12.1 Å². The zero-order chi connectivity index (χ0) is 20.5. The number of aromatic nitrogens is 5. The van der Waals surface area contributed by atoms with Crippen LogP contribution < -0.4 is 10.5 Å². The van der Waals surface area contributed by atoms with Crippen LogP contribution in [0.4, 0.5) is 0 Å². The lowest BCUT2D eigenvalue weighted by Gasteiger charge is -2.04. The molecule has 0 aliphatic heterocycles. The molecule has 8 nitrogen and oxygen atoms in total. The second kappa shape index (κ2) is 7.53. The van der Waals surface area contributed by atoms with Gasteiger partial charge in [0.05, 0.1) is 27.5 Å². The van der Waals surface area contributed by atoms with Crippen LogP contribution >= 0.6 is 11.3 Å². The third-order valence-corrected chi connectivity index (χ3v) is 5.56. The molecular formula is C21H15N5O3S. The van der Waals surface area contributed by atoms with E-state index in [1.807, 2.05) is 37.3 Å². The molecule has 0 bridgehead atoms. The smallest absolute Gasteiger partial charge is 0.417 e. The van der Waals surface area contributed by atoms with E-state index in [4.69, 9.17) is 14.1 Å². The number of hydrogen-bond acceptors (Lipinski definition) is 8. The summed E-state index contributed by atoms with van der Waals surface area (Å²) in [6.45, 7) is 2.24. The quantitative estimate of drug-likeness (QED) is 0.461. The highest BCUT2D eigenvalue weighted by atomic mass is 32.1. The molecule has 0 saturated carbocycles. The van der Waals surface area contributed by atoms with E-state index in [1.165, 1.54) is 11.3 Å². The van der Waals surface area contributed by atoms with E-state index in [0.717, 1.165) is 32.5 Å². The lowest BCUT2D eigenvalue weighted by Crippen LogP contribution is -1.98. The van der Waals surface area contributed by atoms with Gasteiger partial charge in [-0.15, -0.1) is 11.3 Å². The number of hydrogen-bond donors (Lipinski definition) is 1. The van der Waals surface area contributed by atoms with Gasteiger partial charge < -0.3 is 9.15 Å². The van der Waals surface area contributed by atoms with Gasteiger partial charge in [-0.3, -0.25) is 4.98 Å². The number of nitrogens with one attached hydrogen (secondary N) is 1. The molecule has 4 heterocycles. The SMILES string of the molecule is Cc1nc(COc2ncccn2)sc1-c1cccc(-c2ccc3[nH]c(=O)oc3c2)n1. The van der Waals surface area contributed by atoms with Crippen LogP contribution in [0.2, 0.25) is 0 Å². The van der Waals surface area contributed by atoms with Crippen molar-refractivity contribution in [1.82, 2.24) is 24.9 Å². The molecule has 1 N–H and O–H groups in total. The Labute approximate surface area is 174 Å². The van der Waals surface area contributed by atoms with Gasteiger partial charge in [0, 0.05) is 18.0 Å². The van der Waals surface area contributed by atoms with Crippen LogP contribution in [0.3, 0.4) is 0 Å². The summed E-state index contributed by atoms with van der Waals surface area (Å²) in [5.74, 6) is -0.472. The number of benzene rings is 1. The van der Waals surface area contributed by atoms with Crippen LogP contribution in [0.25, 0.3) is 32.9 Å². The predicted octanol–water partition coefficient (Wildman–Crippen LogP) is 3.98. The monoisotopic (exact) mass is 417 g/mol. The number of fused-ring (bicyclic) bond motifs is 1. The summed E-state index contributed by atoms with van der Waals surface area (Å²) in [4.78, 5) is 32.5. The Kier molecular flexibility index (Phi) is 4.56. The third-order valence-electron chi connectivity index (χ3n) is 4.41. The first-order chi connectivity index (χ1) is 14.7. The summed E-state index contributed by atoms with van der Waals surface area (Å²) in [5.41, 5.74) is 4.50. The minimum atomic E-state index is -0.472. The van der Waals surface area contributed by atoms with Crippen LogP contribution in [0.15, 0.2) is 64.1 Å². The number of aromatic amines is 1. The minimum absolute atomic E-state index is 0.290. The van der Waals surface area contributed by atoms with Crippen LogP contribution in [0.5, 0.6) is 6.01 Å². The summed E-state index contributed by atoms with van der Waals surface area (Å²) in [7, 11) is 0. The Bertz CT molecular complexity index is 1390. The highest BCUT2D eigenvalue weighted by molar-refractivity contribution is 7.15. The lowest BCUT2D eigenvalue weighted by molar-refractivity contribution is 0.280. The molecule has 0 amide bonds. The van der Waals surface area contributed by atoms with Crippen molar-refractivity contribution < 1.29 is 9.15 Å². The molecule has 148 valence electrons. The second-order valence-corrected chi connectivity index (χ2v) is 7.56. The summed E-state index contributed by atoms with van der Waals surface area (Å²) in [6, 6.07) is 13.4. The molecule has 0 unspecified atom stereocenters. The number of nitrogens with zero attached hydrogens (tertiary/aromatic N) is 4. The number of thiazole rings is 1. The average molecular weight is 417 g/mol. The van der Waals surface area contributed by atoms with E-state index >= 15 is 0 Å². The maximum atomic E-state index is 11.4. The number of rotatable bonds is 5. The summed E-state index contributed by atoms with van der Waals surface area (Å²) < 4.78 is 10.8. The van der Waals surface area contributed by atoms with Crippen molar-refractivity contribution in [2.75, 3.05) is 0 Å². The van der Waals surface area contributed by atoms with Crippen LogP contribution in [0.1, 0.15) is 10.7 Å². The molecule has 30 heavy (non-hydrogen) atoms. The zero-order valence-electron chi connectivity index (χ0n) is 15.8. The number of pyridine rings is 1. The Hall–Kier alpha value is -3.85. The van der Waals surface area contributed by atoms with Gasteiger partial charge >= 0.3 is 11.8 Å². The van der Waals surface area contributed by atoms with E-state index < -0.39 is 5.76 Å². The molecule has 0 aliphatic rings. The van der Waals surface area contributed by atoms with Crippen LogP contribution in [-0.2, 0) is 6.61 Å². The predicted molar refractivity (Wildman–Crippen MR) is 112 cm³/mol. The van der Waals surface area contributed by atoms with Gasteiger partial charge in [0.2, 0.25) is 0 Å². The molecule has 0 radical (unpaired) electrons. The normalized spacial score (nSPS) is 11.1. The standard InChI is InChI=1S/C21H15N5O3S/c1-12-19(30-18(24-12)11-28-20-22-8-3-9-23-20)16-5-2-4-14(25-16)13-6-7-15-17(10-13)29-21(27)26-15/h2-10H,11H2,1H3,(H,26,27). The summed E-state index contributed by atoms with van der Waals surface area (Å²) in [6.07, 6.45) is 3.26. The van der Waals surface area contributed by atoms with Gasteiger partial charge in [-0.25, -0.2) is 24.7 Å². The molecule has 0 spiro atoms. The van der Waals surface area contributed by atoms with Crippen LogP contribution in [0, 0.1) is 6.92 Å². The van der Waals surface area contributed by atoms with Crippen molar-refractivity contribution >= 4 is 22.4 Å². The van der Waals surface area contributed by atoms with E-state index in [9.17, 15) is 4.79 Å². The number of H-pyrrole nitrogens is 1. The van der Waals surface area contributed by atoms with Gasteiger partial charge in [-0.2, -0.15) is 0 Å². The van der Waals surface area contributed by atoms with Gasteiger partial charge in [-0.05, 0) is 37.3 Å². The van der Waals surface area contributed by atoms with Gasteiger partial charge in [0.1, 0.15) is 11.6 Å². The Morgan fingerprint density at radius 2 is 1.90 bits per heavy atom. The fraction of sp³-hybridized carbons (Fsp3) is 0.0952. The largest absolute Gasteiger partial charge is 0.456 e. The Morgan fingerprint density at radius 1 is 1.07 bits per heavy atom. The maximum Gasteiger partial charge on any atom is 0.417 e. The molecular weight excluding hydrogens is 402 g/mol. The molecule has 9 heteroatoms. The topological polar surface area (TPSA) is 107 Å². The second-order valence-electron chi connectivity index (χ2n) is 6.48. The average Bonchev–Trinajstić information content (AvgIpc) is 3.33. The molecule has 1 aromatic carbocycles. The third kappa shape index (κ3) is 3.58. The molecule has 0 atom stereocenters. The maximum absolute atomic E-state index is 11.4. The summed E-state index contributed by atoms with van der Waals surface area (Å²) >= 11 is 1.52. The van der Waals surface area contributed by atoms with Crippen molar-refractivity contribution in [2.24, 2.45) is 0 Å². The Balaban J connectivity index is 1.43. The first kappa shape index (κ1) is 18.2. The molecule has 0 saturated heterocycles. The molecule has 4 aromatic heterocycles. The van der Waals surface area contributed by atoms with E-state index in [0.29, 0.717) is 23.7 Å². The first-order valence-electron chi connectivity index (χ1n) is 9.12. The van der Waals surface area contributed by atoms with E-state index in [2.05, 4.69) is 19.9 Å². The molecule has 5 aromatic rings. The van der Waals surface area contributed by atoms with Gasteiger partial charge in [0.25, 0.3) is 0 Å². The van der Waals surface area contributed by atoms with Gasteiger partial charge in [0.15, 0.2) is 5.58 Å². The summed E-state index contributed by atoms with van der Waals surface area (Å²) in [5, 5.41) is 0.817. The molecule has 5 rings (SSSR count). The highest BCUT2D eigenvalue weighted by Crippen LogP contribution is 2.31. The molecule has 0 fully saturated rings. The van der Waals surface area contributed by atoms with Crippen molar-refractivity contribution in [1.29, 1.82) is 0 Å². The van der Waals surface area contributed by atoms with Crippen molar-refractivity contribution in [2.45, 2.75) is 13.5 Å². The van der Waals surface area contributed by atoms with Crippen molar-refractivity contribution in [3.8, 4) is 27.8 Å². The van der Waals surface area contributed by atoms with Crippen molar-refractivity contribution in [3.63, 3.8) is 0 Å². The molecule has 0 aliphatic carbocycles. The fourth-order valence-electron chi connectivity index (χ4n) is 3.06. The number of oxazole rings is 1. The van der Waals surface area contributed by atoms with E-state index in [1.54, 1.807) is 24.5 Å². The highest BCUT2D eigenvalue weighted by Gasteiger charge is 2.13. The lowest BCUT2D eigenvalue weighted by atomic mass is 10.1.